The molecule has 2 aromatic carbocycles. The van der Waals surface area contributed by atoms with E-state index in [0.717, 1.165) is 25.7 Å². The van der Waals surface area contributed by atoms with Crippen LogP contribution in [0.4, 0.5) is 16.2 Å². The van der Waals surface area contributed by atoms with Crippen LogP contribution in [-0.4, -0.2) is 47.4 Å². The molecule has 1 aliphatic heterocycles. The molecular formula is C25H27N3O5. The maximum absolute atomic E-state index is 13.3. The fraction of sp³-hybridized carbons (Fsp3) is 0.360. The number of rotatable bonds is 7. The van der Waals surface area contributed by atoms with Crippen molar-refractivity contribution in [1.29, 1.82) is 0 Å². The average molecular weight is 450 g/mol. The molecule has 0 bridgehead atoms. The number of amides is 4. The smallest absolute Gasteiger partial charge is 0.338 e. The number of urea groups is 1. The van der Waals surface area contributed by atoms with Crippen molar-refractivity contribution in [3.8, 4) is 0 Å². The summed E-state index contributed by atoms with van der Waals surface area (Å²) in [6.07, 6.45) is 3.52. The minimum atomic E-state index is -0.848. The summed E-state index contributed by atoms with van der Waals surface area (Å²) in [6, 6.07) is 13.9. The van der Waals surface area contributed by atoms with Crippen LogP contribution in [0, 0.1) is 0 Å². The normalized spacial score (nSPS) is 18.6. The Bertz CT molecular complexity index is 1030. The van der Waals surface area contributed by atoms with Gasteiger partial charge in [-0.15, -0.1) is 0 Å². The first kappa shape index (κ1) is 22.5. The molecule has 4 amide bonds. The molecule has 1 N–H and O–H groups in total. The highest BCUT2D eigenvalue weighted by Gasteiger charge is 2.49. The summed E-state index contributed by atoms with van der Waals surface area (Å²) in [5.41, 5.74) is 1.39. The molecule has 0 spiro atoms. The maximum Gasteiger partial charge on any atom is 0.338 e. The predicted octanol–water partition coefficient (Wildman–Crippen LogP) is 3.97. The molecule has 0 aromatic heterocycles. The van der Waals surface area contributed by atoms with Crippen molar-refractivity contribution in [1.82, 2.24) is 4.90 Å². The van der Waals surface area contributed by atoms with E-state index >= 15 is 0 Å². The van der Waals surface area contributed by atoms with Gasteiger partial charge in [0.1, 0.15) is 6.04 Å². The first-order chi connectivity index (χ1) is 16.0. The number of hydrogen-bond donors (Lipinski definition) is 1. The number of hydrogen-bond acceptors (Lipinski definition) is 5. The highest BCUT2D eigenvalue weighted by Crippen LogP contribution is 2.34. The molecule has 8 nitrogen and oxygen atoms in total. The summed E-state index contributed by atoms with van der Waals surface area (Å²) in [6.45, 7) is 2.01. The summed E-state index contributed by atoms with van der Waals surface area (Å²) >= 11 is 0. The Balaban J connectivity index is 1.49. The molecule has 1 aliphatic carbocycles. The van der Waals surface area contributed by atoms with Crippen molar-refractivity contribution < 1.29 is 23.9 Å². The van der Waals surface area contributed by atoms with Crippen LogP contribution in [0.25, 0.3) is 0 Å². The fourth-order valence-corrected chi connectivity index (χ4v) is 4.50. The Kier molecular flexibility index (Phi) is 6.72. The highest BCUT2D eigenvalue weighted by molar-refractivity contribution is 6.22. The van der Waals surface area contributed by atoms with Gasteiger partial charge in [-0.3, -0.25) is 9.59 Å². The second-order valence-corrected chi connectivity index (χ2v) is 8.20. The number of para-hydroxylation sites is 1. The molecule has 2 fully saturated rings. The quantitative estimate of drug-likeness (QED) is 0.510. The Hall–Kier alpha value is -3.68. The molecule has 172 valence electrons. The summed E-state index contributed by atoms with van der Waals surface area (Å²) in [7, 11) is 0. The lowest BCUT2D eigenvalue weighted by molar-refractivity contribution is -0.124. The summed E-state index contributed by atoms with van der Waals surface area (Å²) in [5, 5.41) is 2.77. The molecule has 1 saturated heterocycles. The second-order valence-electron chi connectivity index (χ2n) is 8.20. The van der Waals surface area contributed by atoms with Crippen molar-refractivity contribution in [2.75, 3.05) is 16.8 Å². The topological polar surface area (TPSA) is 96.0 Å². The highest BCUT2D eigenvalue weighted by atomic mass is 16.5. The monoisotopic (exact) mass is 449 g/mol. The standard InChI is InChI=1S/C25H27N3O5/c1-2-33-24(31)17-12-14-18(15-13-17)26-22(29)16-21-23(30)28(20-8-4-3-5-9-20)25(32)27(21)19-10-6-7-11-19/h3-5,8-9,12-15,19,21H,2,6-7,10-11,16H2,1H3,(H,26,29)/t21-/m0/s1. The van der Waals surface area contributed by atoms with Crippen molar-refractivity contribution in [2.24, 2.45) is 0 Å². The van der Waals surface area contributed by atoms with Crippen LogP contribution in [0.5, 0.6) is 0 Å². The van der Waals surface area contributed by atoms with Crippen LogP contribution in [0.1, 0.15) is 49.4 Å². The minimum Gasteiger partial charge on any atom is -0.462 e. The molecule has 0 unspecified atom stereocenters. The van der Waals surface area contributed by atoms with E-state index in [0.29, 0.717) is 16.9 Å². The van der Waals surface area contributed by atoms with Gasteiger partial charge in [0.05, 0.1) is 24.3 Å². The second kappa shape index (κ2) is 9.85. The lowest BCUT2D eigenvalue weighted by atomic mass is 10.1. The van der Waals surface area contributed by atoms with Gasteiger partial charge in [-0.1, -0.05) is 31.0 Å². The number of carbonyl (C=O) groups excluding carboxylic acids is 4. The van der Waals surface area contributed by atoms with Crippen molar-refractivity contribution in [2.45, 2.75) is 51.1 Å². The third kappa shape index (κ3) is 4.74. The first-order valence-corrected chi connectivity index (χ1v) is 11.3. The zero-order valence-electron chi connectivity index (χ0n) is 18.5. The van der Waals surface area contributed by atoms with E-state index in [2.05, 4.69) is 5.32 Å². The molecule has 2 aliphatic rings. The van der Waals surface area contributed by atoms with E-state index in [9.17, 15) is 19.2 Å². The van der Waals surface area contributed by atoms with Gasteiger partial charge in [-0.25, -0.2) is 14.5 Å². The molecule has 1 saturated carbocycles. The fourth-order valence-electron chi connectivity index (χ4n) is 4.50. The number of benzene rings is 2. The molecule has 4 rings (SSSR count). The van der Waals surface area contributed by atoms with Gasteiger partial charge in [0.2, 0.25) is 5.91 Å². The Morgan fingerprint density at radius 3 is 2.30 bits per heavy atom. The number of esters is 1. The van der Waals surface area contributed by atoms with Gasteiger partial charge in [-0.2, -0.15) is 0 Å². The Morgan fingerprint density at radius 2 is 1.67 bits per heavy atom. The Labute approximate surface area is 192 Å². The first-order valence-electron chi connectivity index (χ1n) is 11.3. The van der Waals surface area contributed by atoms with Crippen LogP contribution in [0.15, 0.2) is 54.6 Å². The van der Waals surface area contributed by atoms with Crippen LogP contribution in [0.2, 0.25) is 0 Å². The third-order valence-electron chi connectivity index (χ3n) is 6.04. The summed E-state index contributed by atoms with van der Waals surface area (Å²) < 4.78 is 4.96. The predicted molar refractivity (Wildman–Crippen MR) is 123 cm³/mol. The Morgan fingerprint density at radius 1 is 1.00 bits per heavy atom. The van der Waals surface area contributed by atoms with Crippen LogP contribution in [-0.2, 0) is 14.3 Å². The van der Waals surface area contributed by atoms with Gasteiger partial charge in [-0.05, 0) is 56.2 Å². The van der Waals surface area contributed by atoms with Crippen molar-refractivity contribution in [3.63, 3.8) is 0 Å². The number of imide groups is 1. The van der Waals surface area contributed by atoms with E-state index < -0.39 is 12.0 Å². The largest absolute Gasteiger partial charge is 0.462 e. The summed E-state index contributed by atoms with van der Waals surface area (Å²) in [4.78, 5) is 54.0. The average Bonchev–Trinajstić information content (AvgIpc) is 3.41. The zero-order chi connectivity index (χ0) is 23.4. The number of nitrogens with zero attached hydrogens (tertiary/aromatic N) is 2. The van der Waals surface area contributed by atoms with E-state index in [4.69, 9.17) is 4.74 Å². The zero-order valence-corrected chi connectivity index (χ0v) is 18.5. The molecule has 8 heteroatoms. The molecule has 1 atom stereocenters. The summed E-state index contributed by atoms with van der Waals surface area (Å²) in [5.74, 6) is -1.19. The van der Waals surface area contributed by atoms with Gasteiger partial charge in [0.25, 0.3) is 5.91 Å². The van der Waals surface area contributed by atoms with Crippen molar-refractivity contribution >= 4 is 35.2 Å². The van der Waals surface area contributed by atoms with Crippen LogP contribution in [0.3, 0.4) is 0 Å². The molecule has 1 heterocycles. The van der Waals surface area contributed by atoms with Gasteiger partial charge in [0.15, 0.2) is 0 Å². The minimum absolute atomic E-state index is 0.0446. The van der Waals surface area contributed by atoms with Crippen LogP contribution >= 0.6 is 0 Å². The van der Waals surface area contributed by atoms with E-state index in [1.165, 1.54) is 4.90 Å². The van der Waals surface area contributed by atoms with Crippen molar-refractivity contribution in [3.05, 3.63) is 60.2 Å². The lowest BCUT2D eigenvalue weighted by Crippen LogP contribution is -2.43. The molecular weight excluding hydrogens is 422 g/mol. The van der Waals surface area contributed by atoms with E-state index in [1.807, 2.05) is 6.07 Å². The number of ether oxygens (including phenoxy) is 1. The lowest BCUT2D eigenvalue weighted by Gasteiger charge is -2.27. The van der Waals surface area contributed by atoms with E-state index in [-0.39, 0.29) is 36.9 Å². The van der Waals surface area contributed by atoms with Gasteiger partial charge >= 0.3 is 12.0 Å². The van der Waals surface area contributed by atoms with Gasteiger partial charge < -0.3 is 15.0 Å². The molecule has 2 aromatic rings. The molecule has 0 radical (unpaired) electrons. The number of anilines is 2. The van der Waals surface area contributed by atoms with Gasteiger partial charge in [0, 0.05) is 11.7 Å². The molecule has 33 heavy (non-hydrogen) atoms. The SMILES string of the molecule is CCOC(=O)c1ccc(NC(=O)C[C@H]2C(=O)N(c3ccccc3)C(=O)N2C2CCCC2)cc1. The number of carbonyl (C=O) groups is 4. The number of nitrogens with one attached hydrogen (secondary N) is 1. The third-order valence-corrected chi connectivity index (χ3v) is 6.04. The van der Waals surface area contributed by atoms with E-state index in [1.54, 1.807) is 60.4 Å². The maximum atomic E-state index is 13.3. The van der Waals surface area contributed by atoms with Crippen LogP contribution < -0.4 is 10.2 Å².